The third-order valence-corrected chi connectivity index (χ3v) is 4.41. The van der Waals surface area contributed by atoms with E-state index in [0.29, 0.717) is 5.56 Å². The van der Waals surface area contributed by atoms with E-state index in [9.17, 15) is 22.8 Å². The molecule has 0 radical (unpaired) electrons. The van der Waals surface area contributed by atoms with Gasteiger partial charge in [0.05, 0.1) is 12.1 Å². The summed E-state index contributed by atoms with van der Waals surface area (Å²) in [6.45, 7) is -0.376. The summed E-state index contributed by atoms with van der Waals surface area (Å²) < 4.78 is 39.6. The van der Waals surface area contributed by atoms with Gasteiger partial charge >= 0.3 is 6.18 Å². The van der Waals surface area contributed by atoms with Crippen molar-refractivity contribution >= 4 is 11.8 Å². The van der Waals surface area contributed by atoms with Crippen molar-refractivity contribution in [1.82, 2.24) is 10.2 Å². The molecular weight excluding hydrogens is 357 g/mol. The molecule has 0 unspecified atom stereocenters. The molecule has 0 bridgehead atoms. The van der Waals surface area contributed by atoms with Crippen LogP contribution in [0.4, 0.5) is 13.2 Å². The minimum atomic E-state index is -4.48. The molecule has 0 spiro atoms. The number of carbonyl (C=O) groups is 2. The Kier molecular flexibility index (Phi) is 5.48. The van der Waals surface area contributed by atoms with Gasteiger partial charge in [0.15, 0.2) is 0 Å². The summed E-state index contributed by atoms with van der Waals surface area (Å²) in [7, 11) is 0. The van der Waals surface area contributed by atoms with Crippen molar-refractivity contribution in [2.45, 2.75) is 31.6 Å². The van der Waals surface area contributed by atoms with Gasteiger partial charge in [-0.1, -0.05) is 36.4 Å². The fourth-order valence-electron chi connectivity index (χ4n) is 2.87. The van der Waals surface area contributed by atoms with Gasteiger partial charge in [-0.05, 0) is 36.6 Å². The molecule has 2 aromatic rings. The number of benzene rings is 2. The predicted octanol–water partition coefficient (Wildman–Crippen LogP) is 3.63. The first-order valence-electron chi connectivity index (χ1n) is 8.64. The van der Waals surface area contributed by atoms with E-state index in [2.05, 4.69) is 5.32 Å². The van der Waals surface area contributed by atoms with Gasteiger partial charge in [-0.15, -0.1) is 0 Å². The Labute approximate surface area is 155 Å². The van der Waals surface area contributed by atoms with Crippen LogP contribution in [0, 0.1) is 0 Å². The molecule has 2 amide bonds. The van der Waals surface area contributed by atoms with Crippen LogP contribution in [-0.4, -0.2) is 29.3 Å². The molecule has 2 aromatic carbocycles. The SMILES string of the molecule is O=C(NCC(=O)N(Cc1ccccc1C(F)(F)F)C1CC1)c1ccccc1. The van der Waals surface area contributed by atoms with Gasteiger partial charge in [0.25, 0.3) is 5.91 Å². The molecule has 0 aliphatic heterocycles. The van der Waals surface area contributed by atoms with Crippen molar-refractivity contribution in [2.75, 3.05) is 6.54 Å². The molecule has 7 heteroatoms. The van der Waals surface area contributed by atoms with Crippen molar-refractivity contribution in [3.05, 3.63) is 71.3 Å². The van der Waals surface area contributed by atoms with Gasteiger partial charge in [0.2, 0.25) is 5.91 Å². The van der Waals surface area contributed by atoms with Crippen LogP contribution >= 0.6 is 0 Å². The molecule has 0 atom stereocenters. The highest BCUT2D eigenvalue weighted by molar-refractivity contribution is 5.96. The minimum absolute atomic E-state index is 0.0552. The third-order valence-electron chi connectivity index (χ3n) is 4.41. The minimum Gasteiger partial charge on any atom is -0.343 e. The zero-order chi connectivity index (χ0) is 19.4. The second-order valence-electron chi connectivity index (χ2n) is 6.46. The van der Waals surface area contributed by atoms with Gasteiger partial charge < -0.3 is 10.2 Å². The molecule has 1 saturated carbocycles. The van der Waals surface area contributed by atoms with Crippen molar-refractivity contribution in [3.63, 3.8) is 0 Å². The molecule has 3 rings (SSSR count). The van der Waals surface area contributed by atoms with Crippen LogP contribution in [0.3, 0.4) is 0 Å². The molecule has 1 aliphatic rings. The Bertz CT molecular complexity index is 817. The highest BCUT2D eigenvalue weighted by Crippen LogP contribution is 2.34. The first kappa shape index (κ1) is 18.9. The predicted molar refractivity (Wildman–Crippen MR) is 93.8 cm³/mol. The molecule has 27 heavy (non-hydrogen) atoms. The molecular formula is C20H19F3N2O2. The fourth-order valence-corrected chi connectivity index (χ4v) is 2.87. The number of halogens is 3. The number of hydrogen-bond donors (Lipinski definition) is 1. The smallest absolute Gasteiger partial charge is 0.343 e. The molecule has 0 aromatic heterocycles. The first-order chi connectivity index (χ1) is 12.9. The van der Waals surface area contributed by atoms with Crippen molar-refractivity contribution in [3.8, 4) is 0 Å². The summed E-state index contributed by atoms with van der Waals surface area (Å²) in [4.78, 5) is 26.1. The number of amides is 2. The largest absolute Gasteiger partial charge is 0.416 e. The number of carbonyl (C=O) groups excluding carboxylic acids is 2. The molecule has 4 nitrogen and oxygen atoms in total. The maximum Gasteiger partial charge on any atom is 0.416 e. The van der Waals surface area contributed by atoms with Crippen LogP contribution in [0.1, 0.15) is 34.3 Å². The number of nitrogens with zero attached hydrogens (tertiary/aromatic N) is 1. The molecule has 1 N–H and O–H groups in total. The van der Waals surface area contributed by atoms with Gasteiger partial charge in [-0.25, -0.2) is 0 Å². The van der Waals surface area contributed by atoms with Gasteiger partial charge in [-0.3, -0.25) is 9.59 Å². The number of rotatable bonds is 6. The number of nitrogens with one attached hydrogen (secondary N) is 1. The lowest BCUT2D eigenvalue weighted by Gasteiger charge is -2.24. The number of alkyl halides is 3. The van der Waals surface area contributed by atoms with Crippen LogP contribution in [0.25, 0.3) is 0 Å². The molecule has 142 valence electrons. The van der Waals surface area contributed by atoms with Gasteiger partial charge in [0.1, 0.15) is 0 Å². The van der Waals surface area contributed by atoms with E-state index in [-0.39, 0.29) is 24.7 Å². The zero-order valence-electron chi connectivity index (χ0n) is 14.5. The summed E-state index contributed by atoms with van der Waals surface area (Å²) in [6, 6.07) is 13.6. The Hall–Kier alpha value is -2.83. The van der Waals surface area contributed by atoms with Crippen LogP contribution < -0.4 is 5.32 Å². The van der Waals surface area contributed by atoms with E-state index in [1.165, 1.54) is 23.1 Å². The lowest BCUT2D eigenvalue weighted by Crippen LogP contribution is -2.41. The van der Waals surface area contributed by atoms with E-state index < -0.39 is 23.6 Å². The van der Waals surface area contributed by atoms with Crippen molar-refractivity contribution in [2.24, 2.45) is 0 Å². The highest BCUT2D eigenvalue weighted by atomic mass is 19.4. The Morgan fingerprint density at radius 3 is 2.26 bits per heavy atom. The average molecular weight is 376 g/mol. The summed E-state index contributed by atoms with van der Waals surface area (Å²) in [6.07, 6.45) is -2.96. The van der Waals surface area contributed by atoms with Crippen LogP contribution in [-0.2, 0) is 17.5 Å². The van der Waals surface area contributed by atoms with E-state index in [1.807, 2.05) is 0 Å². The van der Waals surface area contributed by atoms with E-state index in [4.69, 9.17) is 0 Å². The van der Waals surface area contributed by atoms with E-state index in [1.54, 1.807) is 30.3 Å². The van der Waals surface area contributed by atoms with E-state index >= 15 is 0 Å². The monoisotopic (exact) mass is 376 g/mol. The summed E-state index contributed by atoms with van der Waals surface area (Å²) >= 11 is 0. The Morgan fingerprint density at radius 1 is 1.00 bits per heavy atom. The van der Waals surface area contributed by atoms with Crippen molar-refractivity contribution in [1.29, 1.82) is 0 Å². The molecule has 0 saturated heterocycles. The second-order valence-corrected chi connectivity index (χ2v) is 6.46. The summed E-state index contributed by atoms with van der Waals surface area (Å²) in [5.41, 5.74) is -0.262. The molecule has 1 fully saturated rings. The van der Waals surface area contributed by atoms with Gasteiger partial charge in [-0.2, -0.15) is 13.2 Å². The van der Waals surface area contributed by atoms with Gasteiger partial charge in [0, 0.05) is 18.2 Å². The van der Waals surface area contributed by atoms with Crippen LogP contribution in [0.2, 0.25) is 0 Å². The quantitative estimate of drug-likeness (QED) is 0.837. The lowest BCUT2D eigenvalue weighted by molar-refractivity contribution is -0.139. The van der Waals surface area contributed by atoms with Crippen LogP contribution in [0.15, 0.2) is 54.6 Å². The number of hydrogen-bond acceptors (Lipinski definition) is 2. The lowest BCUT2D eigenvalue weighted by atomic mass is 10.1. The maximum absolute atomic E-state index is 13.2. The Balaban J connectivity index is 1.68. The van der Waals surface area contributed by atoms with Crippen molar-refractivity contribution < 1.29 is 22.8 Å². The Morgan fingerprint density at radius 2 is 1.63 bits per heavy atom. The maximum atomic E-state index is 13.2. The highest BCUT2D eigenvalue weighted by Gasteiger charge is 2.37. The molecule has 0 heterocycles. The first-order valence-corrected chi connectivity index (χ1v) is 8.64. The third kappa shape index (κ3) is 4.87. The standard InChI is InChI=1S/C20H19F3N2O2/c21-20(22,23)17-9-5-4-8-15(17)13-25(16-10-11-16)18(26)12-24-19(27)14-6-2-1-3-7-14/h1-9,16H,10-13H2,(H,24,27). The second kappa shape index (κ2) is 7.82. The summed E-state index contributed by atoms with van der Waals surface area (Å²) in [5.74, 6) is -0.783. The van der Waals surface area contributed by atoms with Crippen LogP contribution in [0.5, 0.6) is 0 Å². The van der Waals surface area contributed by atoms with E-state index in [0.717, 1.165) is 18.9 Å². The average Bonchev–Trinajstić information content (AvgIpc) is 3.49. The molecule has 1 aliphatic carbocycles. The summed E-state index contributed by atoms with van der Waals surface area (Å²) in [5, 5.41) is 2.54. The topological polar surface area (TPSA) is 49.4 Å². The normalized spacial score (nSPS) is 13.9. The fraction of sp³-hybridized carbons (Fsp3) is 0.300. The zero-order valence-corrected chi connectivity index (χ0v) is 14.5.